The fourth-order valence-electron chi connectivity index (χ4n) is 3.10. The van der Waals surface area contributed by atoms with Crippen molar-refractivity contribution in [2.24, 2.45) is 0 Å². The van der Waals surface area contributed by atoms with Gasteiger partial charge in [-0.2, -0.15) is 0 Å². The number of rotatable bonds is 9. The van der Waals surface area contributed by atoms with Gasteiger partial charge in [-0.3, -0.25) is 4.79 Å². The molecule has 0 fully saturated rings. The van der Waals surface area contributed by atoms with E-state index in [1.165, 1.54) is 24.0 Å². The van der Waals surface area contributed by atoms with E-state index in [0.29, 0.717) is 12.2 Å². The molecule has 0 heterocycles. The highest BCUT2D eigenvalue weighted by molar-refractivity contribution is 5.93. The van der Waals surface area contributed by atoms with Crippen LogP contribution in [-0.4, -0.2) is 24.5 Å². The van der Waals surface area contributed by atoms with E-state index in [2.05, 4.69) is 18.3 Å². The highest BCUT2D eigenvalue weighted by Crippen LogP contribution is 2.19. The van der Waals surface area contributed by atoms with Crippen molar-refractivity contribution in [1.82, 2.24) is 0 Å². The Kier molecular flexibility index (Phi) is 7.67. The molecule has 3 N–H and O–H groups in total. The van der Waals surface area contributed by atoms with Crippen molar-refractivity contribution in [1.29, 1.82) is 0 Å². The maximum atomic E-state index is 12.1. The van der Waals surface area contributed by atoms with E-state index in [1.54, 1.807) is 5.32 Å². The minimum absolute atomic E-state index is 0.0864. The highest BCUT2D eigenvalue weighted by Gasteiger charge is 2.18. The molecule has 0 radical (unpaired) electrons. The third kappa shape index (κ3) is 6.70. The van der Waals surface area contributed by atoms with Gasteiger partial charge < -0.3 is 20.5 Å². The second-order valence-electron chi connectivity index (χ2n) is 6.61. The topological polar surface area (TPSA) is 85.8 Å². The minimum atomic E-state index is -1.19. The minimum Gasteiger partial charge on any atom is -0.544 e. The Labute approximate surface area is 149 Å². The molecule has 0 bridgehead atoms. The predicted molar refractivity (Wildman–Crippen MR) is 95.8 cm³/mol. The van der Waals surface area contributed by atoms with Crippen molar-refractivity contribution in [3.63, 3.8) is 0 Å². The summed E-state index contributed by atoms with van der Waals surface area (Å²) >= 11 is 0. The monoisotopic (exact) mass is 344 g/mol. The number of benzene rings is 1. The van der Waals surface area contributed by atoms with Gasteiger partial charge in [0.1, 0.15) is 6.04 Å². The summed E-state index contributed by atoms with van der Waals surface area (Å²) < 4.78 is 0. The summed E-state index contributed by atoms with van der Waals surface area (Å²) in [6, 6.07) is 6.74. The van der Waals surface area contributed by atoms with Crippen LogP contribution in [0.2, 0.25) is 0 Å². The number of nitrogens with two attached hydrogens (primary N) is 1. The van der Waals surface area contributed by atoms with Crippen LogP contribution in [0.4, 0.5) is 5.69 Å². The molecule has 0 aliphatic heterocycles. The first-order valence-corrected chi connectivity index (χ1v) is 9.19. The van der Waals surface area contributed by atoms with Gasteiger partial charge >= 0.3 is 0 Å². The molecule has 0 aromatic heterocycles. The zero-order valence-corrected chi connectivity index (χ0v) is 14.9. The summed E-state index contributed by atoms with van der Waals surface area (Å²) in [6.07, 6.45) is 8.69. The number of aryl methyl sites for hydroxylation is 1. The van der Waals surface area contributed by atoms with Gasteiger partial charge in [0.2, 0.25) is 5.91 Å². The Morgan fingerprint density at radius 2 is 2.00 bits per heavy atom. The highest BCUT2D eigenvalue weighted by atomic mass is 16.4. The number of hydrogen-bond donors (Lipinski definition) is 2. The summed E-state index contributed by atoms with van der Waals surface area (Å²) in [7, 11) is 0. The molecule has 1 aromatic carbocycles. The lowest BCUT2D eigenvalue weighted by molar-refractivity contribution is -0.682. The molecule has 136 valence electrons. The first-order chi connectivity index (χ1) is 12.1. The number of carbonyl (C=O) groups excluding carboxylic acids is 2. The van der Waals surface area contributed by atoms with Gasteiger partial charge in [-0.15, -0.1) is 0 Å². The predicted octanol–water partition coefficient (Wildman–Crippen LogP) is 1.15. The summed E-state index contributed by atoms with van der Waals surface area (Å²) in [6.45, 7) is 2.74. The maximum absolute atomic E-state index is 12.1. The van der Waals surface area contributed by atoms with Gasteiger partial charge in [0.05, 0.1) is 18.9 Å². The van der Waals surface area contributed by atoms with Crippen LogP contribution < -0.4 is 15.7 Å². The van der Waals surface area contributed by atoms with Crippen molar-refractivity contribution < 1.29 is 20.0 Å². The Morgan fingerprint density at radius 3 is 2.60 bits per heavy atom. The van der Waals surface area contributed by atoms with E-state index < -0.39 is 12.0 Å². The van der Waals surface area contributed by atoms with Crippen LogP contribution in [-0.2, 0) is 16.0 Å². The molecule has 0 saturated heterocycles. The Bertz CT molecular complexity index is 608. The lowest BCUT2D eigenvalue weighted by Gasteiger charge is -2.18. The van der Waals surface area contributed by atoms with Crippen LogP contribution >= 0.6 is 0 Å². The van der Waals surface area contributed by atoms with Gasteiger partial charge in [-0.25, -0.2) is 0 Å². The zero-order valence-electron chi connectivity index (χ0n) is 14.9. The van der Waals surface area contributed by atoms with Crippen LogP contribution in [0, 0.1) is 0 Å². The molecule has 0 spiro atoms. The molecular weight excluding hydrogens is 316 g/mol. The average Bonchev–Trinajstić information content (AvgIpc) is 2.62. The number of carboxylic acids is 1. The molecule has 2 rings (SSSR count). The largest absolute Gasteiger partial charge is 0.544 e. The molecule has 0 unspecified atom stereocenters. The zero-order chi connectivity index (χ0) is 18.1. The number of anilines is 1. The van der Waals surface area contributed by atoms with Gasteiger partial charge in [0.15, 0.2) is 0 Å². The smallest absolute Gasteiger partial charge is 0.230 e. The molecule has 0 saturated carbocycles. The molecule has 5 nitrogen and oxygen atoms in total. The fraction of sp³-hybridized carbons (Fsp3) is 0.500. The van der Waals surface area contributed by atoms with Crippen molar-refractivity contribution in [2.75, 3.05) is 11.9 Å². The van der Waals surface area contributed by atoms with E-state index in [4.69, 9.17) is 0 Å². The summed E-state index contributed by atoms with van der Waals surface area (Å²) in [5.41, 5.74) is 3.28. The summed E-state index contributed by atoms with van der Waals surface area (Å²) in [5, 5.41) is 15.8. The lowest BCUT2D eigenvalue weighted by atomic mass is 9.97. The van der Waals surface area contributed by atoms with Crippen LogP contribution in [0.3, 0.4) is 0 Å². The first-order valence-electron chi connectivity index (χ1n) is 9.19. The van der Waals surface area contributed by atoms with Crippen LogP contribution in [0.1, 0.15) is 51.0 Å². The van der Waals surface area contributed by atoms with Gasteiger partial charge in [0, 0.05) is 12.1 Å². The standard InChI is InChI=1S/C20H28N2O3/c1-2-15-8-10-17(11-9-15)22-19(23)14-18(20(24)25)21-13-12-16-6-4-3-5-7-16/h6,8-11,18,21H,2-5,7,12-14H2,1H3,(H,22,23)(H,24,25)/t18-/m0/s1. The van der Waals surface area contributed by atoms with Gasteiger partial charge in [-0.05, 0) is 49.8 Å². The van der Waals surface area contributed by atoms with Crippen LogP contribution in [0.25, 0.3) is 0 Å². The van der Waals surface area contributed by atoms with Crippen LogP contribution in [0.5, 0.6) is 0 Å². The van der Waals surface area contributed by atoms with E-state index in [0.717, 1.165) is 25.7 Å². The molecule has 1 atom stereocenters. The molecule has 1 amide bonds. The summed E-state index contributed by atoms with van der Waals surface area (Å²) in [5.74, 6) is -1.49. The second-order valence-corrected chi connectivity index (χ2v) is 6.61. The van der Waals surface area contributed by atoms with Crippen molar-refractivity contribution >= 4 is 17.6 Å². The van der Waals surface area contributed by atoms with Crippen molar-refractivity contribution in [3.8, 4) is 0 Å². The second kappa shape index (κ2) is 9.99. The molecular formula is C20H28N2O3. The number of nitrogens with one attached hydrogen (secondary N) is 1. The molecule has 1 aliphatic rings. The van der Waals surface area contributed by atoms with E-state index in [1.807, 2.05) is 24.3 Å². The number of quaternary nitrogens is 1. The third-order valence-corrected chi connectivity index (χ3v) is 4.66. The maximum Gasteiger partial charge on any atom is 0.230 e. The summed E-state index contributed by atoms with van der Waals surface area (Å²) in [4.78, 5) is 23.4. The Morgan fingerprint density at radius 1 is 1.24 bits per heavy atom. The van der Waals surface area contributed by atoms with Crippen molar-refractivity contribution in [3.05, 3.63) is 41.5 Å². The molecule has 25 heavy (non-hydrogen) atoms. The van der Waals surface area contributed by atoms with E-state index >= 15 is 0 Å². The number of allylic oxidation sites excluding steroid dienone is 1. The number of aliphatic carboxylic acids is 1. The van der Waals surface area contributed by atoms with E-state index in [9.17, 15) is 14.7 Å². The van der Waals surface area contributed by atoms with Crippen LogP contribution in [0.15, 0.2) is 35.9 Å². The van der Waals surface area contributed by atoms with Gasteiger partial charge in [-0.1, -0.05) is 30.7 Å². The first kappa shape index (κ1) is 19.2. The molecule has 1 aliphatic carbocycles. The fourth-order valence-corrected chi connectivity index (χ4v) is 3.10. The quantitative estimate of drug-likeness (QED) is 0.659. The normalized spacial score (nSPS) is 15.3. The number of carboxylic acid groups (broad SMARTS) is 1. The van der Waals surface area contributed by atoms with Gasteiger partial charge in [0.25, 0.3) is 0 Å². The average molecular weight is 344 g/mol. The van der Waals surface area contributed by atoms with E-state index in [-0.39, 0.29) is 12.3 Å². The Hall–Kier alpha value is -2.14. The third-order valence-electron chi connectivity index (χ3n) is 4.66. The number of hydrogen-bond acceptors (Lipinski definition) is 3. The number of carbonyl (C=O) groups is 2. The van der Waals surface area contributed by atoms with Crippen molar-refractivity contribution in [2.45, 2.75) is 57.9 Å². The Balaban J connectivity index is 1.79. The molecule has 5 heteroatoms. The number of amides is 1. The molecule has 1 aromatic rings. The lowest BCUT2D eigenvalue weighted by Crippen LogP contribution is -2.93. The SMILES string of the molecule is CCc1ccc(NC(=O)C[C@H]([NH2+]CCC2=CCCCC2)C(=O)[O-])cc1.